The molecule has 0 heterocycles. The molecule has 5 nitrogen and oxygen atoms in total. The number of nitrogens with one attached hydrogen (secondary N) is 2. The van der Waals surface area contributed by atoms with E-state index in [2.05, 4.69) is 10.6 Å². The second-order valence-electron chi connectivity index (χ2n) is 5.40. The van der Waals surface area contributed by atoms with Gasteiger partial charge in [-0.2, -0.15) is 0 Å². The summed E-state index contributed by atoms with van der Waals surface area (Å²) < 4.78 is 18.2. The van der Waals surface area contributed by atoms with E-state index in [1.165, 1.54) is 19.1 Å². The largest absolute Gasteiger partial charge is 0.497 e. The Balaban J connectivity index is 2.12. The maximum Gasteiger partial charge on any atom is 0.226 e. The molecule has 0 aliphatic carbocycles. The maximum atomic E-state index is 13.1. The van der Waals surface area contributed by atoms with E-state index < -0.39 is 11.9 Å². The molecule has 2 aromatic carbocycles. The highest BCUT2D eigenvalue weighted by molar-refractivity contribution is 6.33. The summed E-state index contributed by atoms with van der Waals surface area (Å²) in [6, 6.07) is 10.2. The Kier molecular flexibility index (Phi) is 6.36. The van der Waals surface area contributed by atoms with Crippen LogP contribution in [0.4, 0.5) is 10.1 Å². The fraction of sp³-hybridized carbons (Fsp3) is 0.222. The van der Waals surface area contributed by atoms with Crippen molar-refractivity contribution < 1.29 is 18.7 Å². The number of halogens is 2. The van der Waals surface area contributed by atoms with Crippen LogP contribution >= 0.6 is 11.6 Å². The van der Waals surface area contributed by atoms with Gasteiger partial charge >= 0.3 is 0 Å². The first kappa shape index (κ1) is 18.7. The van der Waals surface area contributed by atoms with E-state index in [-0.39, 0.29) is 23.3 Å². The molecule has 25 heavy (non-hydrogen) atoms. The van der Waals surface area contributed by atoms with E-state index >= 15 is 0 Å². The van der Waals surface area contributed by atoms with Gasteiger partial charge in [-0.1, -0.05) is 23.7 Å². The summed E-state index contributed by atoms with van der Waals surface area (Å²) in [5, 5.41) is 5.47. The average molecular weight is 365 g/mol. The van der Waals surface area contributed by atoms with Gasteiger partial charge in [-0.15, -0.1) is 0 Å². The second-order valence-corrected chi connectivity index (χ2v) is 5.81. The smallest absolute Gasteiger partial charge is 0.226 e. The zero-order chi connectivity index (χ0) is 18.4. The van der Waals surface area contributed by atoms with E-state index in [1.54, 1.807) is 31.4 Å². The highest BCUT2D eigenvalue weighted by atomic mass is 35.5. The molecule has 0 aromatic heterocycles. The first-order chi connectivity index (χ1) is 11.9. The first-order valence-electron chi connectivity index (χ1n) is 7.55. The zero-order valence-corrected chi connectivity index (χ0v) is 14.6. The summed E-state index contributed by atoms with van der Waals surface area (Å²) in [4.78, 5) is 23.8. The Morgan fingerprint density at radius 1 is 1.20 bits per heavy atom. The minimum absolute atomic E-state index is 0.000383. The van der Waals surface area contributed by atoms with E-state index in [4.69, 9.17) is 16.3 Å². The molecule has 2 N–H and O–H groups in total. The van der Waals surface area contributed by atoms with Crippen LogP contribution < -0.4 is 15.4 Å². The Bertz CT molecular complexity index is 765. The van der Waals surface area contributed by atoms with Crippen LogP contribution in [0, 0.1) is 5.82 Å². The highest BCUT2D eigenvalue weighted by Gasteiger charge is 2.18. The second kappa shape index (κ2) is 8.48. The molecule has 0 saturated carbocycles. The van der Waals surface area contributed by atoms with E-state index in [0.717, 1.165) is 11.6 Å². The van der Waals surface area contributed by atoms with Crippen LogP contribution in [-0.4, -0.2) is 18.9 Å². The molecule has 0 saturated heterocycles. The highest BCUT2D eigenvalue weighted by Crippen LogP contribution is 2.24. The zero-order valence-electron chi connectivity index (χ0n) is 13.8. The average Bonchev–Trinajstić information content (AvgIpc) is 2.56. The molecule has 0 radical (unpaired) electrons. The predicted octanol–water partition coefficient (Wildman–Crippen LogP) is 3.69. The third-order valence-electron chi connectivity index (χ3n) is 3.49. The third kappa shape index (κ3) is 5.46. The molecule has 0 fully saturated rings. The van der Waals surface area contributed by atoms with E-state index in [9.17, 15) is 14.0 Å². The Hall–Kier alpha value is -2.60. The lowest BCUT2D eigenvalue weighted by Gasteiger charge is -2.18. The number of hydrogen-bond acceptors (Lipinski definition) is 3. The third-order valence-corrected chi connectivity index (χ3v) is 3.80. The van der Waals surface area contributed by atoms with Crippen molar-refractivity contribution in [2.75, 3.05) is 12.4 Å². The van der Waals surface area contributed by atoms with Crippen LogP contribution in [0.5, 0.6) is 5.75 Å². The van der Waals surface area contributed by atoms with Gasteiger partial charge in [-0.25, -0.2) is 4.39 Å². The molecule has 7 heteroatoms. The summed E-state index contributed by atoms with van der Waals surface area (Å²) >= 11 is 5.91. The molecule has 1 atom stereocenters. The topological polar surface area (TPSA) is 67.4 Å². The monoisotopic (exact) mass is 364 g/mol. The quantitative estimate of drug-likeness (QED) is 0.821. The van der Waals surface area contributed by atoms with Crippen LogP contribution in [0.2, 0.25) is 5.02 Å². The normalized spacial score (nSPS) is 11.5. The lowest BCUT2D eigenvalue weighted by atomic mass is 10.0. The van der Waals surface area contributed by atoms with Crippen molar-refractivity contribution in [1.82, 2.24) is 5.32 Å². The van der Waals surface area contributed by atoms with Crippen molar-refractivity contribution >= 4 is 29.1 Å². The summed E-state index contributed by atoms with van der Waals surface area (Å²) in [5.41, 5.74) is 1.07. The first-order valence-corrected chi connectivity index (χ1v) is 7.93. The van der Waals surface area contributed by atoms with Gasteiger partial charge in [-0.3, -0.25) is 9.59 Å². The van der Waals surface area contributed by atoms with Crippen molar-refractivity contribution in [3.05, 3.63) is 58.9 Å². The van der Waals surface area contributed by atoms with Gasteiger partial charge in [-0.05, 0) is 35.9 Å². The molecule has 0 aliphatic heterocycles. The van der Waals surface area contributed by atoms with Crippen molar-refractivity contribution in [3.8, 4) is 5.75 Å². The SMILES string of the molecule is COc1ccc(C(CC(=O)Nc2ccc(F)cc2Cl)NC(C)=O)cc1. The maximum absolute atomic E-state index is 13.1. The summed E-state index contributed by atoms with van der Waals surface area (Å²) in [5.74, 6) is -0.429. The number of hydrogen-bond donors (Lipinski definition) is 2. The van der Waals surface area contributed by atoms with Crippen LogP contribution in [0.3, 0.4) is 0 Å². The van der Waals surface area contributed by atoms with E-state index in [1.807, 2.05) is 0 Å². The van der Waals surface area contributed by atoms with Gasteiger partial charge in [0.15, 0.2) is 0 Å². The van der Waals surface area contributed by atoms with Crippen LogP contribution in [0.15, 0.2) is 42.5 Å². The Morgan fingerprint density at radius 3 is 2.44 bits per heavy atom. The molecular formula is C18H18ClFN2O3. The number of amides is 2. The van der Waals surface area contributed by atoms with Crippen molar-refractivity contribution in [2.45, 2.75) is 19.4 Å². The van der Waals surface area contributed by atoms with Crippen molar-refractivity contribution in [3.63, 3.8) is 0 Å². The Labute approximate surface area is 150 Å². The molecule has 2 amide bonds. The van der Waals surface area contributed by atoms with Gasteiger partial charge in [0.2, 0.25) is 11.8 Å². The lowest BCUT2D eigenvalue weighted by molar-refractivity contribution is -0.120. The number of carbonyl (C=O) groups excluding carboxylic acids is 2. The van der Waals surface area contributed by atoms with Gasteiger partial charge in [0.05, 0.1) is 30.3 Å². The molecular weight excluding hydrogens is 347 g/mol. The van der Waals surface area contributed by atoms with E-state index in [0.29, 0.717) is 11.4 Å². The van der Waals surface area contributed by atoms with Crippen LogP contribution in [0.25, 0.3) is 0 Å². The van der Waals surface area contributed by atoms with Crippen LogP contribution in [0.1, 0.15) is 24.9 Å². The summed E-state index contributed by atoms with van der Waals surface area (Å²) in [6.07, 6.45) is -0.000383. The van der Waals surface area contributed by atoms with Gasteiger partial charge in [0, 0.05) is 6.92 Å². The minimum atomic E-state index is -0.511. The summed E-state index contributed by atoms with van der Waals surface area (Å²) in [6.45, 7) is 1.38. The standard InChI is InChI=1S/C18H18ClFN2O3/c1-11(23)21-17(12-3-6-14(25-2)7-4-12)10-18(24)22-16-8-5-13(20)9-15(16)19/h3-9,17H,10H2,1-2H3,(H,21,23)(H,22,24). The molecule has 1 unspecified atom stereocenters. The number of methoxy groups -OCH3 is 1. The van der Waals surface area contributed by atoms with Gasteiger partial charge in [0.25, 0.3) is 0 Å². The fourth-order valence-electron chi connectivity index (χ4n) is 2.31. The van der Waals surface area contributed by atoms with Crippen molar-refractivity contribution in [2.24, 2.45) is 0 Å². The lowest BCUT2D eigenvalue weighted by Crippen LogP contribution is -2.29. The van der Waals surface area contributed by atoms with Crippen molar-refractivity contribution in [1.29, 1.82) is 0 Å². The predicted molar refractivity (Wildman–Crippen MR) is 94.2 cm³/mol. The molecule has 0 bridgehead atoms. The number of carbonyl (C=O) groups is 2. The fourth-order valence-corrected chi connectivity index (χ4v) is 2.53. The number of rotatable bonds is 6. The Morgan fingerprint density at radius 2 is 1.88 bits per heavy atom. The van der Waals surface area contributed by atoms with Gasteiger partial charge < -0.3 is 15.4 Å². The molecule has 0 aliphatic rings. The molecule has 132 valence electrons. The molecule has 0 spiro atoms. The molecule has 2 aromatic rings. The molecule has 2 rings (SSSR count). The number of anilines is 1. The minimum Gasteiger partial charge on any atom is -0.497 e. The summed E-state index contributed by atoms with van der Waals surface area (Å²) in [7, 11) is 1.56. The van der Waals surface area contributed by atoms with Crippen LogP contribution in [-0.2, 0) is 9.59 Å². The van der Waals surface area contributed by atoms with Gasteiger partial charge in [0.1, 0.15) is 11.6 Å². The number of benzene rings is 2. The number of ether oxygens (including phenoxy) is 1.